The predicted molar refractivity (Wildman–Crippen MR) is 108 cm³/mol. The normalized spacial score (nSPS) is 19.9. The van der Waals surface area contributed by atoms with Crippen LogP contribution in [0.15, 0.2) is 29.1 Å². The Hall–Kier alpha value is -2.54. The van der Waals surface area contributed by atoms with Gasteiger partial charge in [-0.3, -0.25) is 14.7 Å². The molecule has 1 unspecified atom stereocenters. The highest BCUT2D eigenvalue weighted by Gasteiger charge is 2.27. The summed E-state index contributed by atoms with van der Waals surface area (Å²) in [7, 11) is 3.37. The molecule has 0 amide bonds. The van der Waals surface area contributed by atoms with Crippen molar-refractivity contribution in [1.82, 2.24) is 14.9 Å². The summed E-state index contributed by atoms with van der Waals surface area (Å²) >= 11 is 0. The van der Waals surface area contributed by atoms with Crippen LogP contribution in [0.4, 0.5) is 5.95 Å². The molecule has 1 N–H and O–H groups in total. The highest BCUT2D eigenvalue weighted by Crippen LogP contribution is 2.31. The molecule has 0 radical (unpaired) electrons. The first-order valence-corrected chi connectivity index (χ1v) is 9.95. The van der Waals surface area contributed by atoms with Crippen molar-refractivity contribution in [2.45, 2.75) is 31.7 Å². The summed E-state index contributed by atoms with van der Waals surface area (Å²) in [6.45, 7) is 4.59. The Morgan fingerprint density at radius 3 is 2.71 bits per heavy atom. The fourth-order valence-electron chi connectivity index (χ4n) is 4.22. The molecule has 3 heterocycles. The Morgan fingerprint density at radius 1 is 1.14 bits per heavy atom. The average Bonchev–Trinajstić information content (AvgIpc) is 3.40. The molecule has 2 saturated heterocycles. The monoisotopic (exact) mass is 384 g/mol. The Kier molecular flexibility index (Phi) is 5.52. The number of aromatic nitrogens is 2. The lowest BCUT2D eigenvalue weighted by Gasteiger charge is -2.19. The first kappa shape index (κ1) is 18.8. The Balaban J connectivity index is 1.48. The Morgan fingerprint density at radius 2 is 1.96 bits per heavy atom. The number of hydrogen-bond donors (Lipinski definition) is 1. The first-order chi connectivity index (χ1) is 13.7. The molecule has 2 fully saturated rings. The van der Waals surface area contributed by atoms with E-state index in [1.807, 2.05) is 18.2 Å². The van der Waals surface area contributed by atoms with E-state index in [4.69, 9.17) is 14.5 Å². The summed E-state index contributed by atoms with van der Waals surface area (Å²) in [6, 6.07) is 7.56. The number of likely N-dealkylation sites (tertiary alicyclic amines) is 1. The molecule has 0 saturated carbocycles. The molecular weight excluding hydrogens is 356 g/mol. The van der Waals surface area contributed by atoms with Gasteiger partial charge < -0.3 is 14.4 Å². The number of nitrogens with one attached hydrogen (secondary N) is 1. The van der Waals surface area contributed by atoms with Gasteiger partial charge in [0.15, 0.2) is 0 Å². The number of benzene rings is 1. The first-order valence-electron chi connectivity index (χ1n) is 9.95. The van der Waals surface area contributed by atoms with E-state index in [1.165, 1.54) is 0 Å². The second-order valence-corrected chi connectivity index (χ2v) is 7.59. The maximum Gasteiger partial charge on any atom is 0.252 e. The number of rotatable bonds is 6. The number of aromatic amines is 1. The minimum absolute atomic E-state index is 0.0557. The van der Waals surface area contributed by atoms with E-state index in [0.717, 1.165) is 80.7 Å². The van der Waals surface area contributed by atoms with Gasteiger partial charge in [-0.1, -0.05) is 0 Å². The van der Waals surface area contributed by atoms with Crippen molar-refractivity contribution < 1.29 is 9.47 Å². The largest absolute Gasteiger partial charge is 0.497 e. The van der Waals surface area contributed by atoms with Crippen LogP contribution < -0.4 is 19.9 Å². The lowest BCUT2D eigenvalue weighted by atomic mass is 10.0. The van der Waals surface area contributed by atoms with Crippen LogP contribution in [0.3, 0.4) is 0 Å². The molecule has 1 aromatic carbocycles. The van der Waals surface area contributed by atoms with Gasteiger partial charge in [-0.2, -0.15) is 0 Å². The number of methoxy groups -OCH3 is 2. The molecule has 28 heavy (non-hydrogen) atoms. The fraction of sp³-hybridized carbons (Fsp3) is 0.524. The van der Waals surface area contributed by atoms with Gasteiger partial charge in [0.1, 0.15) is 11.5 Å². The third kappa shape index (κ3) is 3.99. The van der Waals surface area contributed by atoms with Crippen LogP contribution >= 0.6 is 0 Å². The van der Waals surface area contributed by atoms with Gasteiger partial charge in [-0.15, -0.1) is 0 Å². The third-order valence-corrected chi connectivity index (χ3v) is 5.73. The van der Waals surface area contributed by atoms with Crippen molar-refractivity contribution in [3.8, 4) is 11.5 Å². The van der Waals surface area contributed by atoms with Crippen molar-refractivity contribution in [2.75, 3.05) is 45.3 Å². The van der Waals surface area contributed by atoms with Gasteiger partial charge in [0, 0.05) is 43.7 Å². The fourth-order valence-corrected chi connectivity index (χ4v) is 4.22. The number of anilines is 1. The van der Waals surface area contributed by atoms with Crippen molar-refractivity contribution in [3.05, 3.63) is 45.9 Å². The van der Waals surface area contributed by atoms with Crippen LogP contribution in [0.1, 0.15) is 36.4 Å². The molecule has 7 heteroatoms. The number of nitrogens with zero attached hydrogens (tertiary/aromatic N) is 3. The number of ether oxygens (including phenoxy) is 2. The number of hydrogen-bond acceptors (Lipinski definition) is 6. The van der Waals surface area contributed by atoms with Crippen LogP contribution in [-0.4, -0.2) is 55.3 Å². The van der Waals surface area contributed by atoms with E-state index in [0.29, 0.717) is 0 Å². The van der Waals surface area contributed by atoms with Crippen molar-refractivity contribution in [3.63, 3.8) is 0 Å². The molecule has 2 aromatic rings. The molecule has 4 rings (SSSR count). The summed E-state index contributed by atoms with van der Waals surface area (Å²) in [4.78, 5) is 24.5. The van der Waals surface area contributed by atoms with Crippen LogP contribution in [0.5, 0.6) is 11.5 Å². The summed E-state index contributed by atoms with van der Waals surface area (Å²) in [5.74, 6) is 2.71. The van der Waals surface area contributed by atoms with Gasteiger partial charge in [0.25, 0.3) is 5.56 Å². The maximum atomic E-state index is 12.2. The molecule has 0 aliphatic carbocycles. The summed E-state index contributed by atoms with van der Waals surface area (Å²) < 4.78 is 10.9. The van der Waals surface area contributed by atoms with Gasteiger partial charge in [0.05, 0.1) is 19.9 Å². The van der Waals surface area contributed by atoms with E-state index in [1.54, 1.807) is 20.3 Å². The lowest BCUT2D eigenvalue weighted by Crippen LogP contribution is -2.25. The van der Waals surface area contributed by atoms with Gasteiger partial charge in [-0.25, -0.2) is 4.98 Å². The van der Waals surface area contributed by atoms with E-state index in [-0.39, 0.29) is 11.5 Å². The molecule has 150 valence electrons. The minimum atomic E-state index is -0.0557. The average molecular weight is 384 g/mol. The minimum Gasteiger partial charge on any atom is -0.497 e. The van der Waals surface area contributed by atoms with Gasteiger partial charge in [-0.05, 0) is 44.0 Å². The zero-order chi connectivity index (χ0) is 19.5. The molecule has 7 nitrogen and oxygen atoms in total. The SMILES string of the molecule is COc1ccc(OC)c(CN2CCC(c3cc(=O)[nH]c(N4CCCC4)n3)C2)c1. The molecule has 1 aromatic heterocycles. The number of H-pyrrole nitrogens is 1. The zero-order valence-corrected chi connectivity index (χ0v) is 16.6. The van der Waals surface area contributed by atoms with E-state index < -0.39 is 0 Å². The molecule has 1 atom stereocenters. The quantitative estimate of drug-likeness (QED) is 0.825. The van der Waals surface area contributed by atoms with E-state index in [2.05, 4.69) is 14.8 Å². The topological polar surface area (TPSA) is 70.7 Å². The van der Waals surface area contributed by atoms with Crippen LogP contribution in [0.25, 0.3) is 0 Å². The zero-order valence-electron chi connectivity index (χ0n) is 16.6. The maximum absolute atomic E-state index is 12.2. The van der Waals surface area contributed by atoms with E-state index >= 15 is 0 Å². The second-order valence-electron chi connectivity index (χ2n) is 7.59. The lowest BCUT2D eigenvalue weighted by molar-refractivity contribution is 0.315. The molecule has 2 aliphatic heterocycles. The standard InChI is InChI=1S/C21H28N4O3/c1-27-17-5-6-19(28-2)16(11-17)14-24-10-7-15(13-24)18-12-20(26)23-21(22-18)25-8-3-4-9-25/h5-6,11-12,15H,3-4,7-10,13-14H2,1-2H3,(H,22,23,26). The van der Waals surface area contributed by atoms with Crippen molar-refractivity contribution in [1.29, 1.82) is 0 Å². The summed E-state index contributed by atoms with van der Waals surface area (Å²) in [5, 5.41) is 0. The predicted octanol–water partition coefficient (Wildman–Crippen LogP) is 2.38. The van der Waals surface area contributed by atoms with Gasteiger partial charge >= 0.3 is 0 Å². The highest BCUT2D eigenvalue weighted by molar-refractivity contribution is 5.40. The smallest absolute Gasteiger partial charge is 0.252 e. The molecule has 2 aliphatic rings. The Bertz CT molecular complexity index is 876. The van der Waals surface area contributed by atoms with Crippen molar-refractivity contribution in [2.24, 2.45) is 0 Å². The molecule has 0 bridgehead atoms. The van der Waals surface area contributed by atoms with Gasteiger partial charge in [0.2, 0.25) is 5.95 Å². The van der Waals surface area contributed by atoms with Crippen LogP contribution in [0.2, 0.25) is 0 Å². The van der Waals surface area contributed by atoms with E-state index in [9.17, 15) is 4.79 Å². The Labute approximate surface area is 165 Å². The second kappa shape index (κ2) is 8.22. The molecule has 0 spiro atoms. The summed E-state index contributed by atoms with van der Waals surface area (Å²) in [6.07, 6.45) is 3.32. The molecular formula is C21H28N4O3. The van der Waals surface area contributed by atoms with Crippen LogP contribution in [0, 0.1) is 0 Å². The highest BCUT2D eigenvalue weighted by atomic mass is 16.5. The summed E-state index contributed by atoms with van der Waals surface area (Å²) in [5.41, 5.74) is 1.96. The van der Waals surface area contributed by atoms with Crippen molar-refractivity contribution >= 4 is 5.95 Å². The van der Waals surface area contributed by atoms with Crippen LogP contribution in [-0.2, 0) is 6.54 Å². The third-order valence-electron chi connectivity index (χ3n) is 5.73.